The number of hydrogen-bond donors (Lipinski definition) is 3. The Morgan fingerprint density at radius 3 is 2.31 bits per heavy atom. The number of fused-ring (bicyclic) bond motifs is 2. The second-order valence-electron chi connectivity index (χ2n) is 10.1. The zero-order chi connectivity index (χ0) is 26.2. The number of carbonyl (C=O) groups is 2. The van der Waals surface area contributed by atoms with E-state index >= 15 is 0 Å². The minimum atomic E-state index is -1.26. The van der Waals surface area contributed by atoms with Crippen LogP contribution in [-0.4, -0.2) is 22.7 Å². The third kappa shape index (κ3) is 5.06. The Labute approximate surface area is 211 Å². The highest BCUT2D eigenvalue weighted by Crippen LogP contribution is 2.47. The van der Waals surface area contributed by atoms with Crippen molar-refractivity contribution in [2.24, 2.45) is 0 Å². The highest BCUT2D eigenvalue weighted by molar-refractivity contribution is 6.03. The van der Waals surface area contributed by atoms with Crippen LogP contribution in [0.1, 0.15) is 54.7 Å². The molecule has 0 fully saturated rings. The van der Waals surface area contributed by atoms with Crippen molar-refractivity contribution >= 4 is 23.4 Å². The average Bonchev–Trinajstić information content (AvgIpc) is 2.87. The van der Waals surface area contributed by atoms with Gasteiger partial charge in [0.15, 0.2) is 6.10 Å². The van der Waals surface area contributed by atoms with Gasteiger partial charge >= 0.3 is 12.0 Å². The number of benzene rings is 3. The quantitative estimate of drug-likeness (QED) is 0.377. The summed E-state index contributed by atoms with van der Waals surface area (Å²) >= 11 is 0. The molecular weight excluding hydrogens is 456 g/mol. The van der Waals surface area contributed by atoms with Gasteiger partial charge in [-0.3, -0.25) is 0 Å². The number of carboxylic acids is 1. The number of urea groups is 1. The molecule has 4 rings (SSSR count). The van der Waals surface area contributed by atoms with Gasteiger partial charge in [-0.15, -0.1) is 0 Å². The number of rotatable bonds is 4. The number of para-hydroxylation sites is 1. The molecule has 0 unspecified atom stereocenters. The second-order valence-corrected chi connectivity index (χ2v) is 10.1. The predicted octanol–water partition coefficient (Wildman–Crippen LogP) is 6.76. The molecule has 0 aliphatic carbocycles. The van der Waals surface area contributed by atoms with Crippen LogP contribution in [0.3, 0.4) is 0 Å². The topological polar surface area (TPSA) is 96.9 Å². The Morgan fingerprint density at radius 1 is 1.00 bits per heavy atom. The normalized spacial score (nSPS) is 14.1. The van der Waals surface area contributed by atoms with Crippen LogP contribution in [0, 0.1) is 20.8 Å². The number of anilines is 2. The lowest BCUT2D eigenvalue weighted by atomic mass is 9.86. The molecule has 0 saturated heterocycles. The molecule has 0 aromatic heterocycles. The van der Waals surface area contributed by atoms with E-state index in [1.807, 2.05) is 83.1 Å². The standard InChI is InChI=1S/C29H32N2O5/c1-16-11-13-19(14-12-16)22-18(3)25-24(17(2)23(22)26(27(32)33)36-29(4,5)6)31-28(34)30-21-10-8-7-9-20(21)15-35-25/h7-14,26H,15H2,1-6H3,(H,32,33)(H2,30,31,34)/t26-/m0/s1. The van der Waals surface area contributed by atoms with E-state index in [2.05, 4.69) is 10.6 Å². The van der Waals surface area contributed by atoms with Gasteiger partial charge in [0.25, 0.3) is 0 Å². The molecule has 1 aliphatic heterocycles. The molecule has 3 aromatic rings. The van der Waals surface area contributed by atoms with Gasteiger partial charge in [-0.1, -0.05) is 48.0 Å². The lowest BCUT2D eigenvalue weighted by Gasteiger charge is -2.30. The summed E-state index contributed by atoms with van der Waals surface area (Å²) in [5.41, 5.74) is 5.61. The summed E-state index contributed by atoms with van der Waals surface area (Å²) in [6.07, 6.45) is -1.26. The molecule has 7 nitrogen and oxygen atoms in total. The number of aliphatic carboxylic acids is 1. The van der Waals surface area contributed by atoms with E-state index in [0.717, 1.165) is 27.8 Å². The molecule has 0 radical (unpaired) electrons. The Balaban J connectivity index is 2.01. The van der Waals surface area contributed by atoms with Crippen LogP contribution in [0.2, 0.25) is 0 Å². The molecule has 1 aliphatic rings. The van der Waals surface area contributed by atoms with Crippen LogP contribution in [0.5, 0.6) is 5.75 Å². The van der Waals surface area contributed by atoms with Crippen molar-refractivity contribution in [2.75, 3.05) is 10.6 Å². The van der Waals surface area contributed by atoms with E-state index < -0.39 is 23.7 Å². The third-order valence-corrected chi connectivity index (χ3v) is 6.17. The van der Waals surface area contributed by atoms with Gasteiger partial charge in [0.1, 0.15) is 12.4 Å². The molecule has 7 heteroatoms. The fourth-order valence-corrected chi connectivity index (χ4v) is 4.52. The van der Waals surface area contributed by atoms with Crippen LogP contribution >= 0.6 is 0 Å². The molecule has 1 atom stereocenters. The SMILES string of the molecule is Cc1ccc(-c2c(C)c3c(c(C)c2[C@H](OC(C)(C)C)C(=O)O)NC(=O)Nc2ccccc2CO3)cc1. The van der Waals surface area contributed by atoms with Crippen molar-refractivity contribution in [3.05, 3.63) is 76.3 Å². The van der Waals surface area contributed by atoms with E-state index in [1.54, 1.807) is 6.92 Å². The van der Waals surface area contributed by atoms with Gasteiger partial charge < -0.3 is 25.2 Å². The molecular formula is C29H32N2O5. The molecule has 1 heterocycles. The summed E-state index contributed by atoms with van der Waals surface area (Å²) in [4.78, 5) is 25.6. The minimum absolute atomic E-state index is 0.235. The first-order valence-electron chi connectivity index (χ1n) is 11.9. The van der Waals surface area contributed by atoms with Gasteiger partial charge in [0, 0.05) is 22.4 Å². The van der Waals surface area contributed by atoms with E-state index in [4.69, 9.17) is 9.47 Å². The van der Waals surface area contributed by atoms with E-state index in [0.29, 0.717) is 28.3 Å². The number of carboxylic acid groups (broad SMARTS) is 1. The molecule has 36 heavy (non-hydrogen) atoms. The van der Waals surface area contributed by atoms with Crippen LogP contribution in [0.25, 0.3) is 11.1 Å². The van der Waals surface area contributed by atoms with Crippen molar-refractivity contribution in [3.8, 4) is 16.9 Å². The minimum Gasteiger partial charge on any atom is -0.486 e. The summed E-state index contributed by atoms with van der Waals surface area (Å²) in [5.74, 6) is -0.611. The van der Waals surface area contributed by atoms with E-state index in [1.165, 1.54) is 0 Å². The van der Waals surface area contributed by atoms with Gasteiger partial charge in [0.2, 0.25) is 0 Å². The fraction of sp³-hybridized carbons (Fsp3) is 0.310. The van der Waals surface area contributed by atoms with Gasteiger partial charge in [-0.05, 0) is 64.3 Å². The third-order valence-electron chi connectivity index (χ3n) is 6.17. The molecule has 0 bridgehead atoms. The van der Waals surface area contributed by atoms with Crippen molar-refractivity contribution in [1.29, 1.82) is 0 Å². The fourth-order valence-electron chi connectivity index (χ4n) is 4.52. The summed E-state index contributed by atoms with van der Waals surface area (Å²) in [6.45, 7) is 11.4. The Kier molecular flexibility index (Phi) is 6.78. The van der Waals surface area contributed by atoms with E-state index in [9.17, 15) is 14.7 Å². The number of ether oxygens (including phenoxy) is 2. The second kappa shape index (κ2) is 9.66. The van der Waals surface area contributed by atoms with Crippen LogP contribution in [-0.2, 0) is 16.1 Å². The van der Waals surface area contributed by atoms with Crippen LogP contribution in [0.4, 0.5) is 16.2 Å². The smallest absolute Gasteiger partial charge is 0.337 e. The van der Waals surface area contributed by atoms with Crippen molar-refractivity contribution < 1.29 is 24.2 Å². The lowest BCUT2D eigenvalue weighted by Crippen LogP contribution is -2.29. The number of aryl methyl sites for hydroxylation is 1. The van der Waals surface area contributed by atoms with Crippen LogP contribution in [0.15, 0.2) is 48.5 Å². The first-order chi connectivity index (χ1) is 17.0. The zero-order valence-electron chi connectivity index (χ0n) is 21.5. The molecule has 3 aromatic carbocycles. The molecule has 188 valence electrons. The predicted molar refractivity (Wildman–Crippen MR) is 141 cm³/mol. The lowest BCUT2D eigenvalue weighted by molar-refractivity contribution is -0.160. The molecule has 3 N–H and O–H groups in total. The zero-order valence-corrected chi connectivity index (χ0v) is 21.5. The Morgan fingerprint density at radius 2 is 1.67 bits per heavy atom. The summed E-state index contributed by atoms with van der Waals surface area (Å²) < 4.78 is 12.4. The maximum atomic E-state index is 13.0. The summed E-state index contributed by atoms with van der Waals surface area (Å²) in [6, 6.07) is 14.9. The Hall–Kier alpha value is -3.84. The highest BCUT2D eigenvalue weighted by Gasteiger charge is 2.34. The highest BCUT2D eigenvalue weighted by atomic mass is 16.5. The summed E-state index contributed by atoms with van der Waals surface area (Å²) in [7, 11) is 0. The number of amides is 2. The average molecular weight is 489 g/mol. The van der Waals surface area contributed by atoms with Crippen molar-refractivity contribution in [1.82, 2.24) is 0 Å². The van der Waals surface area contributed by atoms with Gasteiger partial charge in [-0.2, -0.15) is 0 Å². The number of hydrogen-bond acceptors (Lipinski definition) is 4. The number of nitrogens with one attached hydrogen (secondary N) is 2. The first-order valence-corrected chi connectivity index (χ1v) is 11.9. The molecule has 0 spiro atoms. The Bertz CT molecular complexity index is 1320. The van der Waals surface area contributed by atoms with Crippen molar-refractivity contribution in [2.45, 2.75) is 59.9 Å². The van der Waals surface area contributed by atoms with E-state index in [-0.39, 0.29) is 6.61 Å². The van der Waals surface area contributed by atoms with Gasteiger partial charge in [-0.25, -0.2) is 9.59 Å². The number of carbonyl (C=O) groups excluding carboxylic acids is 1. The van der Waals surface area contributed by atoms with Crippen molar-refractivity contribution in [3.63, 3.8) is 0 Å². The largest absolute Gasteiger partial charge is 0.486 e. The molecule has 2 amide bonds. The molecule has 0 saturated carbocycles. The maximum absolute atomic E-state index is 13.0. The van der Waals surface area contributed by atoms with Crippen LogP contribution < -0.4 is 15.4 Å². The maximum Gasteiger partial charge on any atom is 0.337 e. The monoisotopic (exact) mass is 488 g/mol. The first kappa shape index (κ1) is 25.3. The summed E-state index contributed by atoms with van der Waals surface area (Å²) in [5, 5.41) is 16.1. The van der Waals surface area contributed by atoms with Gasteiger partial charge in [0.05, 0.1) is 11.3 Å².